The van der Waals surface area contributed by atoms with E-state index in [9.17, 15) is 44.0 Å². The Hall–Kier alpha value is -1.52. The van der Waals surface area contributed by atoms with Crippen LogP contribution in [-0.4, -0.2) is 104 Å². The van der Waals surface area contributed by atoms with Gasteiger partial charge in [0.2, 0.25) is 0 Å². The molecule has 1 saturated carbocycles. The molecule has 1 aliphatic rings. The molecule has 62 heavy (non-hydrogen) atoms. The molecule has 0 saturated heterocycles. The lowest BCUT2D eigenvalue weighted by Gasteiger charge is -2.20. The van der Waals surface area contributed by atoms with Crippen molar-refractivity contribution < 1.29 is 76.9 Å². The van der Waals surface area contributed by atoms with Crippen molar-refractivity contribution in [3.05, 3.63) is 24.3 Å². The number of carbonyl (C=O) groups is 2. The maximum atomic E-state index is 12.8. The van der Waals surface area contributed by atoms with Crippen molar-refractivity contribution in [1.29, 1.82) is 0 Å². The number of phosphoric acid groups is 2. The Kier molecular flexibility index (Phi) is 32.8. The molecular weight excluding hydrogens is 846 g/mol. The lowest BCUT2D eigenvalue weighted by molar-refractivity contribution is -0.160. The lowest BCUT2D eigenvalue weighted by atomic mass is 9.89. The number of ether oxygens (including phenoxy) is 2. The summed E-state index contributed by atoms with van der Waals surface area (Å²) < 4.78 is 47.8. The van der Waals surface area contributed by atoms with Crippen LogP contribution in [0.15, 0.2) is 24.3 Å². The Morgan fingerprint density at radius 2 is 1.23 bits per heavy atom. The van der Waals surface area contributed by atoms with Crippen LogP contribution in [-0.2, 0) is 41.8 Å². The van der Waals surface area contributed by atoms with Gasteiger partial charge in [-0.25, -0.2) is 9.13 Å². The first-order valence-corrected chi connectivity index (χ1v) is 26.2. The Morgan fingerprint density at radius 3 is 1.81 bits per heavy atom. The molecule has 364 valence electrons. The highest BCUT2D eigenvalue weighted by Gasteiger charge is 2.39. The standard InChI is InChI=1S/C44H82O16P2/c1-4-5-18-24-36(45)28-29-40-39(41(47)30-42(40)48)25-21-22-27-44(50)60-38(34-59-62(54,55)58-32-37(46)31-57-61(51,52)53)33-56-43(49)26-20-17-15-13-11-9-7-6-8-10-12-14-16-19-23-35(2)3/h21-22,28-29,35-42,45-48H,4-20,23-27,30-34H2,1-3H3,(H,54,55)(H2,51,52,53)/b22-21-,29-28+/t36-,37+,38-,39+,40-,41+,42-/m1/s1. The topological polar surface area (TPSA) is 256 Å². The smallest absolute Gasteiger partial charge is 0.462 e. The average molecular weight is 929 g/mol. The van der Waals surface area contributed by atoms with Crippen LogP contribution in [0.4, 0.5) is 0 Å². The Labute approximate surface area is 371 Å². The molecule has 0 radical (unpaired) electrons. The minimum Gasteiger partial charge on any atom is -0.462 e. The van der Waals surface area contributed by atoms with E-state index < -0.39 is 90.4 Å². The third kappa shape index (κ3) is 32.2. The van der Waals surface area contributed by atoms with Gasteiger partial charge in [0, 0.05) is 18.8 Å². The zero-order valence-electron chi connectivity index (χ0n) is 37.7. The van der Waals surface area contributed by atoms with Gasteiger partial charge in [0.1, 0.15) is 12.7 Å². The normalized spacial score (nSPS) is 20.8. The van der Waals surface area contributed by atoms with E-state index in [1.807, 2.05) is 0 Å². The molecule has 16 nitrogen and oxygen atoms in total. The van der Waals surface area contributed by atoms with E-state index in [-0.39, 0.29) is 25.2 Å². The van der Waals surface area contributed by atoms with Crippen molar-refractivity contribution in [2.75, 3.05) is 26.4 Å². The molecule has 0 aromatic heterocycles. The van der Waals surface area contributed by atoms with Gasteiger partial charge in [-0.1, -0.05) is 154 Å². The largest absolute Gasteiger partial charge is 0.472 e. The molecule has 8 atom stereocenters. The van der Waals surface area contributed by atoms with E-state index in [0.29, 0.717) is 19.3 Å². The van der Waals surface area contributed by atoms with Crippen LogP contribution in [0.1, 0.15) is 168 Å². The van der Waals surface area contributed by atoms with Gasteiger partial charge in [-0.3, -0.25) is 23.2 Å². The molecule has 0 bridgehead atoms. The zero-order chi connectivity index (χ0) is 46.2. The highest BCUT2D eigenvalue weighted by molar-refractivity contribution is 7.47. The van der Waals surface area contributed by atoms with Gasteiger partial charge in [-0.2, -0.15) is 0 Å². The number of hydrogen-bond donors (Lipinski definition) is 7. The lowest BCUT2D eigenvalue weighted by Crippen LogP contribution is -2.29. The Balaban J connectivity index is 2.57. The number of allylic oxidation sites excluding steroid dienone is 1. The Bertz CT molecular complexity index is 1320. The third-order valence-corrected chi connectivity index (χ3v) is 12.3. The van der Waals surface area contributed by atoms with Gasteiger partial charge in [0.05, 0.1) is 44.6 Å². The summed E-state index contributed by atoms with van der Waals surface area (Å²) in [5.41, 5.74) is 0. The molecule has 1 aliphatic carbocycles. The summed E-state index contributed by atoms with van der Waals surface area (Å²) in [6.45, 7) is 3.62. The van der Waals surface area contributed by atoms with Crippen molar-refractivity contribution in [3.8, 4) is 0 Å². The summed E-state index contributed by atoms with van der Waals surface area (Å²) in [6.07, 6.45) is 23.0. The SMILES string of the molecule is CCCCC[C@@H](O)/C=C/[C@@H]1[C@H](C/C=C\CC(=O)O[C@H](COC(=O)CCCCCCCCCCCCCCCCC(C)C)COP(=O)(O)OC[C@@H](O)COP(=O)(O)O)[C@@H](O)C[C@H]1O. The molecule has 7 N–H and O–H groups in total. The van der Waals surface area contributed by atoms with Crippen LogP contribution in [0.3, 0.4) is 0 Å². The molecule has 1 rings (SSSR count). The van der Waals surface area contributed by atoms with Gasteiger partial charge in [0.25, 0.3) is 0 Å². The highest BCUT2D eigenvalue weighted by Crippen LogP contribution is 2.44. The number of hydrogen-bond acceptors (Lipinski definition) is 13. The summed E-state index contributed by atoms with van der Waals surface area (Å²) in [5, 5.41) is 41.2. The van der Waals surface area contributed by atoms with Crippen molar-refractivity contribution in [3.63, 3.8) is 0 Å². The molecule has 0 amide bonds. The number of esters is 2. The second kappa shape index (κ2) is 34.8. The van der Waals surface area contributed by atoms with Gasteiger partial charge >= 0.3 is 27.6 Å². The van der Waals surface area contributed by atoms with Crippen molar-refractivity contribution in [2.45, 2.75) is 199 Å². The van der Waals surface area contributed by atoms with E-state index in [4.69, 9.17) is 23.8 Å². The summed E-state index contributed by atoms with van der Waals surface area (Å²) in [5.74, 6) is -1.27. The quantitative estimate of drug-likeness (QED) is 0.0133. The maximum Gasteiger partial charge on any atom is 0.472 e. The third-order valence-electron chi connectivity index (χ3n) is 10.9. The van der Waals surface area contributed by atoms with Gasteiger partial charge in [-0.15, -0.1) is 0 Å². The maximum absolute atomic E-state index is 12.8. The number of unbranched alkanes of at least 4 members (excludes halogenated alkanes) is 15. The Morgan fingerprint density at radius 1 is 0.677 bits per heavy atom. The van der Waals surface area contributed by atoms with Crippen LogP contribution in [0.5, 0.6) is 0 Å². The summed E-state index contributed by atoms with van der Waals surface area (Å²) in [7, 11) is -9.80. The first-order valence-electron chi connectivity index (χ1n) is 23.1. The van der Waals surface area contributed by atoms with E-state index in [1.165, 1.54) is 70.3 Å². The van der Waals surface area contributed by atoms with Crippen LogP contribution in [0.2, 0.25) is 0 Å². The zero-order valence-corrected chi connectivity index (χ0v) is 39.5. The molecule has 1 fully saturated rings. The number of rotatable bonds is 39. The first-order chi connectivity index (χ1) is 29.4. The fourth-order valence-corrected chi connectivity index (χ4v) is 8.43. The molecule has 18 heteroatoms. The highest BCUT2D eigenvalue weighted by atomic mass is 31.2. The van der Waals surface area contributed by atoms with Crippen LogP contribution < -0.4 is 0 Å². The van der Waals surface area contributed by atoms with E-state index in [2.05, 4.69) is 29.8 Å². The van der Waals surface area contributed by atoms with Crippen LogP contribution >= 0.6 is 15.6 Å². The van der Waals surface area contributed by atoms with Gasteiger partial charge in [-0.05, 0) is 31.1 Å². The number of aliphatic hydroxyl groups is 4. The second-order valence-corrected chi connectivity index (χ2v) is 19.8. The van der Waals surface area contributed by atoms with E-state index >= 15 is 0 Å². The predicted octanol–water partition coefficient (Wildman–Crippen LogP) is 8.13. The van der Waals surface area contributed by atoms with E-state index in [1.54, 1.807) is 18.2 Å². The van der Waals surface area contributed by atoms with Crippen LogP contribution in [0, 0.1) is 17.8 Å². The second-order valence-electron chi connectivity index (χ2n) is 17.1. The van der Waals surface area contributed by atoms with Crippen molar-refractivity contribution in [1.82, 2.24) is 0 Å². The molecule has 0 spiro atoms. The monoisotopic (exact) mass is 929 g/mol. The molecule has 0 aliphatic heterocycles. The van der Waals surface area contributed by atoms with Gasteiger partial charge in [0.15, 0.2) is 6.10 Å². The average Bonchev–Trinajstić information content (AvgIpc) is 3.48. The summed E-state index contributed by atoms with van der Waals surface area (Å²) in [4.78, 5) is 53.0. The molecule has 0 heterocycles. The van der Waals surface area contributed by atoms with Crippen molar-refractivity contribution in [2.24, 2.45) is 17.8 Å². The minimum atomic E-state index is -4.90. The molecular formula is C44H82O16P2. The predicted molar refractivity (Wildman–Crippen MR) is 237 cm³/mol. The first kappa shape index (κ1) is 58.5. The van der Waals surface area contributed by atoms with Crippen molar-refractivity contribution >= 4 is 27.6 Å². The number of carbonyl (C=O) groups excluding carboxylic acids is 2. The molecule has 0 aromatic carbocycles. The molecule has 0 aromatic rings. The van der Waals surface area contributed by atoms with Crippen LogP contribution in [0.25, 0.3) is 0 Å². The summed E-state index contributed by atoms with van der Waals surface area (Å²) in [6, 6.07) is 0. The van der Waals surface area contributed by atoms with Gasteiger partial charge < -0.3 is 44.6 Å². The summed E-state index contributed by atoms with van der Waals surface area (Å²) >= 11 is 0. The fraction of sp³-hybridized carbons (Fsp3) is 0.864. The molecule has 1 unspecified atom stereocenters. The fourth-order valence-electron chi connectivity index (χ4n) is 7.27. The van der Waals surface area contributed by atoms with E-state index in [0.717, 1.165) is 50.9 Å². The number of aliphatic hydroxyl groups excluding tert-OH is 4. The number of phosphoric ester groups is 2. The minimum absolute atomic E-state index is 0.133.